The van der Waals surface area contributed by atoms with Gasteiger partial charge < -0.3 is 14.8 Å². The van der Waals surface area contributed by atoms with Crippen molar-refractivity contribution in [2.24, 2.45) is 0 Å². The molecule has 0 aromatic heterocycles. The maximum absolute atomic E-state index is 12.5. The lowest BCUT2D eigenvalue weighted by Gasteiger charge is -2.10. The number of halogens is 2. The summed E-state index contributed by atoms with van der Waals surface area (Å²) >= 11 is 11.7. The lowest BCUT2D eigenvalue weighted by Crippen LogP contribution is -2.15. The largest absolute Gasteiger partial charge is 0.454 e. The van der Waals surface area contributed by atoms with Gasteiger partial charge in [-0.2, -0.15) is 0 Å². The molecule has 3 aromatic rings. The number of carbonyl (C=O) groups excluding carboxylic acids is 1. The van der Waals surface area contributed by atoms with Crippen LogP contribution in [-0.4, -0.2) is 21.1 Å². The average Bonchev–Trinajstić information content (AvgIpc) is 3.19. The van der Waals surface area contributed by atoms with E-state index < -0.39 is 10.0 Å². The van der Waals surface area contributed by atoms with Crippen molar-refractivity contribution in [3.8, 4) is 11.5 Å². The minimum Gasteiger partial charge on any atom is -0.454 e. The van der Waals surface area contributed by atoms with Crippen LogP contribution in [0.25, 0.3) is 0 Å². The summed E-state index contributed by atoms with van der Waals surface area (Å²) in [4.78, 5) is 12.3. The number of carbonyl (C=O) groups is 1. The van der Waals surface area contributed by atoms with E-state index in [4.69, 9.17) is 32.7 Å². The second kappa shape index (κ2) is 8.66. The zero-order chi connectivity index (χ0) is 22.0. The summed E-state index contributed by atoms with van der Waals surface area (Å²) in [7, 11) is -3.83. The van der Waals surface area contributed by atoms with Crippen LogP contribution in [0.15, 0.2) is 65.6 Å². The zero-order valence-electron chi connectivity index (χ0n) is 15.9. The Hall–Kier alpha value is -2.94. The summed E-state index contributed by atoms with van der Waals surface area (Å²) in [6, 6.07) is 15.7. The number of anilines is 2. The molecule has 0 saturated heterocycles. The highest BCUT2D eigenvalue weighted by atomic mass is 35.5. The van der Waals surface area contributed by atoms with Crippen molar-refractivity contribution >= 4 is 50.5 Å². The first kappa shape index (κ1) is 21.3. The van der Waals surface area contributed by atoms with Gasteiger partial charge in [-0.15, -0.1) is 0 Å². The third-order valence-corrected chi connectivity index (χ3v) is 6.55. The SMILES string of the molecule is O=C(Cc1ccc(NS(=O)(=O)c2ccc(Cl)c(Cl)c2)cc1)Nc1ccc2c(c1)OCO2. The van der Waals surface area contributed by atoms with Gasteiger partial charge in [0.2, 0.25) is 12.7 Å². The van der Waals surface area contributed by atoms with Gasteiger partial charge in [-0.25, -0.2) is 8.42 Å². The summed E-state index contributed by atoms with van der Waals surface area (Å²) in [5, 5.41) is 3.21. The molecule has 7 nitrogen and oxygen atoms in total. The second-order valence-electron chi connectivity index (χ2n) is 6.67. The second-order valence-corrected chi connectivity index (χ2v) is 9.17. The summed E-state index contributed by atoms with van der Waals surface area (Å²) in [6.07, 6.45) is 0.119. The highest BCUT2D eigenvalue weighted by molar-refractivity contribution is 7.92. The molecule has 0 fully saturated rings. The fourth-order valence-electron chi connectivity index (χ4n) is 2.91. The van der Waals surface area contributed by atoms with Crippen LogP contribution in [0.5, 0.6) is 11.5 Å². The van der Waals surface area contributed by atoms with Crippen LogP contribution in [0.3, 0.4) is 0 Å². The van der Waals surface area contributed by atoms with Gasteiger partial charge in [0, 0.05) is 17.4 Å². The molecule has 0 atom stereocenters. The lowest BCUT2D eigenvalue weighted by molar-refractivity contribution is -0.115. The van der Waals surface area contributed by atoms with E-state index >= 15 is 0 Å². The van der Waals surface area contributed by atoms with Crippen LogP contribution < -0.4 is 19.5 Å². The zero-order valence-corrected chi connectivity index (χ0v) is 18.2. The molecule has 3 aromatic carbocycles. The molecule has 31 heavy (non-hydrogen) atoms. The summed E-state index contributed by atoms with van der Waals surface area (Å²) in [6.45, 7) is 0.161. The number of benzene rings is 3. The molecule has 2 N–H and O–H groups in total. The van der Waals surface area contributed by atoms with Gasteiger partial charge >= 0.3 is 0 Å². The topological polar surface area (TPSA) is 93.7 Å². The molecule has 4 rings (SSSR count). The van der Waals surface area contributed by atoms with E-state index in [1.54, 1.807) is 42.5 Å². The van der Waals surface area contributed by atoms with Crippen LogP contribution >= 0.6 is 23.2 Å². The van der Waals surface area contributed by atoms with Crippen molar-refractivity contribution < 1.29 is 22.7 Å². The van der Waals surface area contributed by atoms with Gasteiger partial charge in [-0.05, 0) is 48.0 Å². The first-order chi connectivity index (χ1) is 14.8. The van der Waals surface area contributed by atoms with Gasteiger partial charge in [0.1, 0.15) is 0 Å². The molecule has 0 radical (unpaired) electrons. The van der Waals surface area contributed by atoms with Crippen molar-refractivity contribution in [2.45, 2.75) is 11.3 Å². The average molecular weight is 479 g/mol. The van der Waals surface area contributed by atoms with Crippen LogP contribution in [0.4, 0.5) is 11.4 Å². The predicted molar refractivity (Wildman–Crippen MR) is 119 cm³/mol. The Morgan fingerprint density at radius 1 is 0.871 bits per heavy atom. The molecule has 1 heterocycles. The van der Waals surface area contributed by atoms with Crippen molar-refractivity contribution in [3.05, 3.63) is 76.3 Å². The van der Waals surface area contributed by atoms with Crippen molar-refractivity contribution in [3.63, 3.8) is 0 Å². The Morgan fingerprint density at radius 2 is 1.58 bits per heavy atom. The number of hydrogen-bond donors (Lipinski definition) is 2. The molecule has 10 heteroatoms. The van der Waals surface area contributed by atoms with E-state index in [0.717, 1.165) is 5.56 Å². The fourth-order valence-corrected chi connectivity index (χ4v) is 4.36. The summed E-state index contributed by atoms with van der Waals surface area (Å²) < 4.78 is 38.0. The first-order valence-corrected chi connectivity index (χ1v) is 11.3. The molecule has 0 bridgehead atoms. The minimum absolute atomic E-state index is 0.00548. The Kier molecular flexibility index (Phi) is 5.95. The van der Waals surface area contributed by atoms with Gasteiger partial charge in [-0.3, -0.25) is 9.52 Å². The minimum atomic E-state index is -3.83. The highest BCUT2D eigenvalue weighted by Gasteiger charge is 2.16. The molecule has 1 amide bonds. The standard InChI is InChI=1S/C21H16Cl2N2O5S/c22-17-7-6-16(11-18(17)23)31(27,28)25-14-3-1-13(2-4-14)9-21(26)24-15-5-8-19-20(10-15)30-12-29-19/h1-8,10-11,25H,9,12H2,(H,24,26). The van der Waals surface area contributed by atoms with E-state index in [1.165, 1.54) is 18.2 Å². The lowest BCUT2D eigenvalue weighted by atomic mass is 10.1. The van der Waals surface area contributed by atoms with Crippen LogP contribution in [0, 0.1) is 0 Å². The molecule has 0 saturated carbocycles. The van der Waals surface area contributed by atoms with Gasteiger partial charge in [0.05, 0.1) is 21.4 Å². The number of fused-ring (bicyclic) bond motifs is 1. The maximum Gasteiger partial charge on any atom is 0.261 e. The predicted octanol–water partition coefficient (Wildman–Crippen LogP) is 4.70. The summed E-state index contributed by atoms with van der Waals surface area (Å²) in [5.74, 6) is 0.997. The molecular weight excluding hydrogens is 463 g/mol. The van der Waals surface area contributed by atoms with Gasteiger partial charge in [0.25, 0.3) is 10.0 Å². The number of amides is 1. The third-order valence-electron chi connectivity index (χ3n) is 4.43. The fraction of sp³-hybridized carbons (Fsp3) is 0.0952. The van der Waals surface area contributed by atoms with Crippen molar-refractivity contribution in [2.75, 3.05) is 16.8 Å². The number of rotatable bonds is 6. The number of ether oxygens (including phenoxy) is 2. The van der Waals surface area contributed by atoms with E-state index in [1.807, 2.05) is 0 Å². The van der Waals surface area contributed by atoms with E-state index in [2.05, 4.69) is 10.0 Å². The molecule has 1 aliphatic heterocycles. The van der Waals surface area contributed by atoms with Gasteiger partial charge in [0.15, 0.2) is 11.5 Å². The van der Waals surface area contributed by atoms with E-state index in [-0.39, 0.29) is 34.1 Å². The molecular formula is C21H16Cl2N2O5S. The number of nitrogens with one attached hydrogen (secondary N) is 2. The Morgan fingerprint density at radius 3 is 2.32 bits per heavy atom. The summed E-state index contributed by atoms with van der Waals surface area (Å²) in [5.41, 5.74) is 1.67. The van der Waals surface area contributed by atoms with Crippen molar-refractivity contribution in [1.82, 2.24) is 0 Å². The highest BCUT2D eigenvalue weighted by Crippen LogP contribution is 2.34. The normalized spacial score (nSPS) is 12.5. The van der Waals surface area contributed by atoms with E-state index in [9.17, 15) is 13.2 Å². The van der Waals surface area contributed by atoms with Crippen LogP contribution in [-0.2, 0) is 21.2 Å². The Labute approximate surface area is 188 Å². The Balaban J connectivity index is 1.38. The molecule has 0 unspecified atom stereocenters. The maximum atomic E-state index is 12.5. The molecule has 0 aliphatic carbocycles. The van der Waals surface area contributed by atoms with Crippen LogP contribution in [0.1, 0.15) is 5.56 Å². The van der Waals surface area contributed by atoms with Crippen molar-refractivity contribution in [1.29, 1.82) is 0 Å². The van der Waals surface area contributed by atoms with Gasteiger partial charge in [-0.1, -0.05) is 35.3 Å². The monoisotopic (exact) mass is 478 g/mol. The quantitative estimate of drug-likeness (QED) is 0.535. The number of sulfonamides is 1. The first-order valence-electron chi connectivity index (χ1n) is 9.06. The number of hydrogen-bond acceptors (Lipinski definition) is 5. The molecule has 0 spiro atoms. The third kappa shape index (κ3) is 5.04. The Bertz CT molecular complexity index is 1250. The smallest absolute Gasteiger partial charge is 0.261 e. The van der Waals surface area contributed by atoms with E-state index in [0.29, 0.717) is 22.9 Å². The molecule has 1 aliphatic rings. The van der Waals surface area contributed by atoms with Crippen LogP contribution in [0.2, 0.25) is 10.0 Å². The molecule has 160 valence electrons.